The van der Waals surface area contributed by atoms with E-state index >= 15 is 0 Å². The average Bonchev–Trinajstić information content (AvgIpc) is 3.41. The average molecular weight is 1120 g/mol. The van der Waals surface area contributed by atoms with Gasteiger partial charge in [0.05, 0.1) is 27.7 Å². The number of likely N-dealkylation sites (N-methyl/N-ethyl adjacent to an activating group) is 1. The molecule has 0 aromatic carbocycles. The third-order valence-electron chi connectivity index (χ3n) is 14.5. The zero-order valence-electron chi connectivity index (χ0n) is 51.9. The number of unbranched alkanes of at least 4 members (excludes halogenated alkanes) is 37. The molecule has 0 aromatic heterocycles. The molecule has 0 aliphatic carbocycles. The number of rotatable bonds is 61. The molecular formula is C68H126NO8P. The number of hydrogen-bond acceptors (Lipinski definition) is 8. The van der Waals surface area contributed by atoms with Crippen LogP contribution in [-0.2, 0) is 32.7 Å². The lowest BCUT2D eigenvalue weighted by molar-refractivity contribution is -0.870. The molecular weight excluding hydrogens is 990 g/mol. The lowest BCUT2D eigenvalue weighted by atomic mass is 10.0. The van der Waals surface area contributed by atoms with E-state index in [1.807, 2.05) is 21.1 Å². The highest BCUT2D eigenvalue weighted by Crippen LogP contribution is 2.38. The van der Waals surface area contributed by atoms with Crippen molar-refractivity contribution in [3.8, 4) is 0 Å². The van der Waals surface area contributed by atoms with Gasteiger partial charge in [0, 0.05) is 12.8 Å². The van der Waals surface area contributed by atoms with Crippen molar-refractivity contribution in [2.45, 2.75) is 315 Å². The second-order valence-electron chi connectivity index (χ2n) is 23.5. The van der Waals surface area contributed by atoms with Gasteiger partial charge in [-0.2, -0.15) is 0 Å². The maximum atomic E-state index is 12.8. The molecule has 9 nitrogen and oxygen atoms in total. The zero-order valence-corrected chi connectivity index (χ0v) is 52.8. The van der Waals surface area contributed by atoms with Gasteiger partial charge in [0.15, 0.2) is 6.10 Å². The van der Waals surface area contributed by atoms with Gasteiger partial charge in [0.1, 0.15) is 19.8 Å². The number of phosphoric ester groups is 1. The Morgan fingerprint density at radius 1 is 0.410 bits per heavy atom. The van der Waals surface area contributed by atoms with Crippen molar-refractivity contribution < 1.29 is 42.1 Å². The van der Waals surface area contributed by atoms with Crippen molar-refractivity contribution in [2.24, 2.45) is 0 Å². The first-order valence-electron chi connectivity index (χ1n) is 33.0. The SMILES string of the molecule is CC/C=C\C/C=C\C/C=C\CCCCCCCC(=O)OC(COC(=O)CCCCCCCCCCCCCCCCCCCCCCCCCCCCC/C=C\C/C=C\CCCCCCC)COP(=O)([O-])OCC[N+](C)(C)C. The molecule has 0 fully saturated rings. The Morgan fingerprint density at radius 3 is 1.09 bits per heavy atom. The minimum Gasteiger partial charge on any atom is -0.756 e. The number of allylic oxidation sites excluding steroid dienone is 10. The number of quaternary nitrogens is 1. The van der Waals surface area contributed by atoms with Crippen molar-refractivity contribution >= 4 is 19.8 Å². The van der Waals surface area contributed by atoms with E-state index in [4.69, 9.17) is 18.5 Å². The summed E-state index contributed by atoms with van der Waals surface area (Å²) in [5, 5.41) is 0. The fraction of sp³-hybridized carbons (Fsp3) is 0.824. The van der Waals surface area contributed by atoms with E-state index in [2.05, 4.69) is 74.6 Å². The maximum Gasteiger partial charge on any atom is 0.306 e. The van der Waals surface area contributed by atoms with E-state index in [-0.39, 0.29) is 32.0 Å². The number of ether oxygens (including phenoxy) is 2. The van der Waals surface area contributed by atoms with Gasteiger partial charge in [-0.15, -0.1) is 0 Å². The standard InChI is InChI=1S/C68H126NO8P/c1-6-8-10-12-14-16-18-20-22-23-24-25-26-27-28-29-30-31-32-33-34-35-36-37-38-39-40-41-42-43-44-45-47-48-50-52-54-56-58-60-67(70)74-64-66(65-76-78(72,73)75-63-62-69(3,4)5)77-68(71)61-59-57-55-53-51-49-46-21-19-17-15-13-11-9-7-2/h9,11,15,17-18,20-21,23-24,46,66H,6-8,10,12-14,16,19,22,25-45,47-65H2,1-5H3/b11-9-,17-15-,20-18-,24-23-,46-21-. The molecule has 0 aliphatic rings. The van der Waals surface area contributed by atoms with Gasteiger partial charge in [0.25, 0.3) is 7.82 Å². The quantitative estimate of drug-likeness (QED) is 0.0195. The monoisotopic (exact) mass is 1120 g/mol. The van der Waals surface area contributed by atoms with Crippen molar-refractivity contribution in [2.75, 3.05) is 47.5 Å². The molecule has 2 atom stereocenters. The van der Waals surface area contributed by atoms with E-state index in [1.54, 1.807) is 0 Å². The molecule has 0 radical (unpaired) electrons. The smallest absolute Gasteiger partial charge is 0.306 e. The number of carbonyl (C=O) groups excluding carboxylic acids is 2. The van der Waals surface area contributed by atoms with Crippen LogP contribution in [0.1, 0.15) is 309 Å². The number of nitrogens with zero attached hydrogens (tertiary/aromatic N) is 1. The van der Waals surface area contributed by atoms with Crippen LogP contribution in [0.2, 0.25) is 0 Å². The van der Waals surface area contributed by atoms with Gasteiger partial charge < -0.3 is 27.9 Å². The van der Waals surface area contributed by atoms with Crippen LogP contribution in [0.4, 0.5) is 0 Å². The highest BCUT2D eigenvalue weighted by atomic mass is 31.2. The second kappa shape index (κ2) is 59.3. The molecule has 0 spiro atoms. The van der Waals surface area contributed by atoms with Crippen molar-refractivity contribution in [3.05, 3.63) is 60.8 Å². The summed E-state index contributed by atoms with van der Waals surface area (Å²) in [7, 11) is 1.16. The van der Waals surface area contributed by atoms with Gasteiger partial charge in [-0.1, -0.05) is 280 Å². The van der Waals surface area contributed by atoms with Crippen LogP contribution in [0.3, 0.4) is 0 Å². The Morgan fingerprint density at radius 2 is 0.731 bits per heavy atom. The largest absolute Gasteiger partial charge is 0.756 e. The molecule has 2 unspecified atom stereocenters. The van der Waals surface area contributed by atoms with Crippen LogP contribution < -0.4 is 4.89 Å². The molecule has 78 heavy (non-hydrogen) atoms. The molecule has 0 saturated carbocycles. The van der Waals surface area contributed by atoms with E-state index in [0.29, 0.717) is 17.4 Å². The maximum absolute atomic E-state index is 12.8. The molecule has 0 aliphatic heterocycles. The van der Waals surface area contributed by atoms with Crippen LogP contribution in [0, 0.1) is 0 Å². The summed E-state index contributed by atoms with van der Waals surface area (Å²) in [6.45, 7) is 4.12. The second-order valence-corrected chi connectivity index (χ2v) is 24.9. The minimum absolute atomic E-state index is 0.0346. The zero-order chi connectivity index (χ0) is 57.0. The Bertz CT molecular complexity index is 1500. The fourth-order valence-corrected chi connectivity index (χ4v) is 10.2. The Balaban J connectivity index is 3.87. The topological polar surface area (TPSA) is 111 Å². The Labute approximate surface area is 483 Å². The molecule has 0 N–H and O–H groups in total. The van der Waals surface area contributed by atoms with Crippen LogP contribution in [0.25, 0.3) is 0 Å². The summed E-state index contributed by atoms with van der Waals surface area (Å²) in [6, 6.07) is 0. The van der Waals surface area contributed by atoms with Gasteiger partial charge >= 0.3 is 11.9 Å². The molecule has 0 heterocycles. The lowest BCUT2D eigenvalue weighted by Crippen LogP contribution is -2.37. The normalized spacial score (nSPS) is 13.6. The molecule has 0 bridgehead atoms. The third kappa shape index (κ3) is 62.9. The Kier molecular flexibility index (Phi) is 57.6. The summed E-state index contributed by atoms with van der Waals surface area (Å²) >= 11 is 0. The molecule has 0 rings (SSSR count). The molecule has 0 amide bonds. The minimum atomic E-state index is -4.64. The highest BCUT2D eigenvalue weighted by molar-refractivity contribution is 7.45. The van der Waals surface area contributed by atoms with Gasteiger partial charge in [-0.25, -0.2) is 0 Å². The first-order chi connectivity index (χ1) is 38.0. The molecule has 0 saturated heterocycles. The number of hydrogen-bond donors (Lipinski definition) is 0. The van der Waals surface area contributed by atoms with Crippen molar-refractivity contribution in [3.63, 3.8) is 0 Å². The third-order valence-corrected chi connectivity index (χ3v) is 15.5. The summed E-state index contributed by atoms with van der Waals surface area (Å²) in [5.74, 6) is -0.843. The number of phosphoric acid groups is 1. The van der Waals surface area contributed by atoms with E-state index < -0.39 is 26.5 Å². The van der Waals surface area contributed by atoms with E-state index in [9.17, 15) is 19.0 Å². The molecule has 0 aromatic rings. The predicted molar refractivity (Wildman–Crippen MR) is 333 cm³/mol. The van der Waals surface area contributed by atoms with Crippen molar-refractivity contribution in [1.29, 1.82) is 0 Å². The van der Waals surface area contributed by atoms with E-state index in [0.717, 1.165) is 77.0 Å². The fourth-order valence-electron chi connectivity index (χ4n) is 9.47. The summed E-state index contributed by atoms with van der Waals surface area (Å²) in [6.07, 6.45) is 77.5. The summed E-state index contributed by atoms with van der Waals surface area (Å²) in [5.41, 5.74) is 0. The van der Waals surface area contributed by atoms with Crippen LogP contribution in [0.5, 0.6) is 0 Å². The van der Waals surface area contributed by atoms with E-state index in [1.165, 1.54) is 199 Å². The Hall–Kier alpha value is -2.29. The molecule has 10 heteroatoms. The van der Waals surface area contributed by atoms with Crippen LogP contribution in [-0.4, -0.2) is 70.0 Å². The first-order valence-corrected chi connectivity index (χ1v) is 34.5. The first kappa shape index (κ1) is 75.7. The highest BCUT2D eigenvalue weighted by Gasteiger charge is 2.22. The lowest BCUT2D eigenvalue weighted by Gasteiger charge is -2.28. The number of esters is 2. The van der Waals surface area contributed by atoms with Crippen LogP contribution >= 0.6 is 7.82 Å². The summed E-state index contributed by atoms with van der Waals surface area (Å²) in [4.78, 5) is 37.9. The van der Waals surface area contributed by atoms with Crippen molar-refractivity contribution in [1.82, 2.24) is 0 Å². The van der Waals surface area contributed by atoms with Gasteiger partial charge in [-0.05, 0) is 77.0 Å². The van der Waals surface area contributed by atoms with Gasteiger partial charge in [-0.3, -0.25) is 14.2 Å². The molecule has 456 valence electrons. The predicted octanol–water partition coefficient (Wildman–Crippen LogP) is 20.4. The summed E-state index contributed by atoms with van der Waals surface area (Å²) < 4.78 is 34.1. The van der Waals surface area contributed by atoms with Crippen LogP contribution in [0.15, 0.2) is 60.8 Å². The van der Waals surface area contributed by atoms with Gasteiger partial charge in [0.2, 0.25) is 0 Å². The number of carbonyl (C=O) groups is 2.